The van der Waals surface area contributed by atoms with Gasteiger partial charge in [0.25, 0.3) is 5.69 Å². The zero-order valence-electron chi connectivity index (χ0n) is 14.2. The van der Waals surface area contributed by atoms with Crippen molar-refractivity contribution in [1.82, 2.24) is 9.38 Å². The largest absolute Gasteiger partial charge is 0.497 e. The topological polar surface area (TPSA) is 86.7 Å². The standard InChI is InChI=1S/C19H13N3O4S/c1-26-15-8-4-13(5-9-15)18-16(10-23)21-17(11-27-19(21)20-18)12-2-6-14(7-3-12)22(24)25/h2-11H,1H3. The number of non-ortho nitro benzene ring substituents is 1. The summed E-state index contributed by atoms with van der Waals surface area (Å²) < 4.78 is 6.94. The monoisotopic (exact) mass is 379 g/mol. The van der Waals surface area contributed by atoms with Gasteiger partial charge in [-0.3, -0.25) is 19.3 Å². The lowest BCUT2D eigenvalue weighted by atomic mass is 10.1. The van der Waals surface area contributed by atoms with Crippen LogP contribution in [-0.4, -0.2) is 27.7 Å². The normalized spacial score (nSPS) is 10.9. The molecule has 134 valence electrons. The SMILES string of the molecule is COc1ccc(-c2nc3scc(-c4ccc([N+](=O)[O-])cc4)n3c2C=O)cc1. The lowest BCUT2D eigenvalue weighted by molar-refractivity contribution is -0.384. The van der Waals surface area contributed by atoms with Crippen LogP contribution in [0, 0.1) is 10.1 Å². The second-order valence-electron chi connectivity index (χ2n) is 5.73. The summed E-state index contributed by atoms with van der Waals surface area (Å²) in [5.41, 5.74) is 3.38. The smallest absolute Gasteiger partial charge is 0.269 e. The molecule has 7 nitrogen and oxygen atoms in total. The highest BCUT2D eigenvalue weighted by molar-refractivity contribution is 7.15. The molecule has 0 fully saturated rings. The van der Waals surface area contributed by atoms with Gasteiger partial charge in [0.15, 0.2) is 11.2 Å². The van der Waals surface area contributed by atoms with Crippen molar-refractivity contribution >= 4 is 28.3 Å². The van der Waals surface area contributed by atoms with Crippen LogP contribution in [0.1, 0.15) is 10.5 Å². The molecule has 4 rings (SSSR count). The van der Waals surface area contributed by atoms with Crippen LogP contribution in [0.3, 0.4) is 0 Å². The lowest BCUT2D eigenvalue weighted by Gasteiger charge is -2.04. The number of carbonyl (C=O) groups is 1. The fourth-order valence-electron chi connectivity index (χ4n) is 2.91. The van der Waals surface area contributed by atoms with E-state index in [1.54, 1.807) is 23.6 Å². The van der Waals surface area contributed by atoms with Gasteiger partial charge in [0.2, 0.25) is 0 Å². The molecule has 2 aromatic heterocycles. The summed E-state index contributed by atoms with van der Waals surface area (Å²) in [5, 5.41) is 12.7. The number of fused-ring (bicyclic) bond motifs is 1. The molecule has 4 aromatic rings. The first-order valence-electron chi connectivity index (χ1n) is 7.96. The molecular weight excluding hydrogens is 366 g/mol. The van der Waals surface area contributed by atoms with Gasteiger partial charge < -0.3 is 4.74 Å². The second kappa shape index (κ2) is 6.65. The summed E-state index contributed by atoms with van der Waals surface area (Å²) in [4.78, 5) is 27.5. The van der Waals surface area contributed by atoms with Gasteiger partial charge in [-0.05, 0) is 42.0 Å². The Kier molecular flexibility index (Phi) is 4.17. The van der Waals surface area contributed by atoms with E-state index in [0.717, 1.165) is 28.9 Å². The first kappa shape index (κ1) is 16.9. The van der Waals surface area contributed by atoms with E-state index in [1.807, 2.05) is 29.6 Å². The lowest BCUT2D eigenvalue weighted by Crippen LogP contribution is -1.94. The van der Waals surface area contributed by atoms with Gasteiger partial charge in [0, 0.05) is 23.1 Å². The quantitative estimate of drug-likeness (QED) is 0.290. The number of ether oxygens (including phenoxy) is 1. The molecule has 0 aliphatic rings. The summed E-state index contributed by atoms with van der Waals surface area (Å²) in [5.74, 6) is 0.721. The van der Waals surface area contributed by atoms with Gasteiger partial charge in [-0.25, -0.2) is 4.98 Å². The Labute approximate surface area is 157 Å². The molecule has 2 heterocycles. The minimum atomic E-state index is -0.442. The van der Waals surface area contributed by atoms with Crippen LogP contribution in [0.5, 0.6) is 5.75 Å². The number of benzene rings is 2. The van der Waals surface area contributed by atoms with Crippen molar-refractivity contribution in [3.8, 4) is 28.3 Å². The number of nitrogens with zero attached hydrogens (tertiary/aromatic N) is 3. The van der Waals surface area contributed by atoms with Crippen LogP contribution in [-0.2, 0) is 0 Å². The number of hydrogen-bond donors (Lipinski definition) is 0. The van der Waals surface area contributed by atoms with Gasteiger partial charge in [-0.2, -0.15) is 0 Å². The van der Waals surface area contributed by atoms with Gasteiger partial charge >= 0.3 is 0 Å². The van der Waals surface area contributed by atoms with E-state index < -0.39 is 4.92 Å². The van der Waals surface area contributed by atoms with Crippen molar-refractivity contribution in [2.45, 2.75) is 0 Å². The number of thiazole rings is 1. The number of nitro benzene ring substituents is 1. The van der Waals surface area contributed by atoms with Crippen molar-refractivity contribution in [2.24, 2.45) is 0 Å². The minimum Gasteiger partial charge on any atom is -0.497 e. The number of methoxy groups -OCH3 is 1. The molecule has 0 amide bonds. The highest BCUT2D eigenvalue weighted by atomic mass is 32.1. The van der Waals surface area contributed by atoms with Crippen molar-refractivity contribution in [3.05, 3.63) is 69.7 Å². The number of hydrogen-bond acceptors (Lipinski definition) is 6. The average Bonchev–Trinajstić information content (AvgIpc) is 3.27. The predicted molar refractivity (Wildman–Crippen MR) is 103 cm³/mol. The minimum absolute atomic E-state index is 0.0189. The maximum atomic E-state index is 11.9. The number of rotatable bonds is 5. The fraction of sp³-hybridized carbons (Fsp3) is 0.0526. The van der Waals surface area contributed by atoms with Crippen LogP contribution in [0.15, 0.2) is 53.9 Å². The van der Waals surface area contributed by atoms with Crippen LogP contribution >= 0.6 is 11.3 Å². The number of imidazole rings is 1. The van der Waals surface area contributed by atoms with Gasteiger partial charge in [-0.1, -0.05) is 0 Å². The number of nitro groups is 1. The number of aldehydes is 1. The Balaban J connectivity index is 1.85. The molecule has 0 saturated heterocycles. The van der Waals surface area contributed by atoms with Crippen molar-refractivity contribution in [1.29, 1.82) is 0 Å². The summed E-state index contributed by atoms with van der Waals surface area (Å²) in [7, 11) is 1.59. The first-order valence-corrected chi connectivity index (χ1v) is 8.84. The Morgan fingerprint density at radius 2 is 1.78 bits per heavy atom. The Morgan fingerprint density at radius 3 is 2.37 bits per heavy atom. The molecule has 8 heteroatoms. The molecule has 27 heavy (non-hydrogen) atoms. The van der Waals surface area contributed by atoms with E-state index in [4.69, 9.17) is 4.74 Å². The van der Waals surface area contributed by atoms with Gasteiger partial charge in [0.05, 0.1) is 17.7 Å². The Hall–Kier alpha value is -3.52. The van der Waals surface area contributed by atoms with Crippen molar-refractivity contribution < 1.29 is 14.5 Å². The zero-order chi connectivity index (χ0) is 19.0. The molecule has 0 N–H and O–H groups in total. The third-order valence-corrected chi connectivity index (χ3v) is 5.07. The summed E-state index contributed by atoms with van der Waals surface area (Å²) >= 11 is 1.41. The summed E-state index contributed by atoms with van der Waals surface area (Å²) in [6.45, 7) is 0. The van der Waals surface area contributed by atoms with Gasteiger partial charge in [-0.15, -0.1) is 11.3 Å². The zero-order valence-corrected chi connectivity index (χ0v) is 15.0. The van der Waals surface area contributed by atoms with Gasteiger partial charge in [0.1, 0.15) is 17.1 Å². The van der Waals surface area contributed by atoms with E-state index in [-0.39, 0.29) is 5.69 Å². The molecule has 0 bridgehead atoms. The molecule has 0 atom stereocenters. The number of aromatic nitrogens is 2. The third kappa shape index (κ3) is 2.85. The Bertz CT molecular complexity index is 1140. The van der Waals surface area contributed by atoms with Crippen LogP contribution < -0.4 is 4.74 Å². The predicted octanol–water partition coefficient (Wildman–Crippen LogP) is 4.46. The van der Waals surface area contributed by atoms with E-state index in [1.165, 1.54) is 23.5 Å². The van der Waals surface area contributed by atoms with Crippen LogP contribution in [0.25, 0.3) is 27.5 Å². The first-order chi connectivity index (χ1) is 13.1. The van der Waals surface area contributed by atoms with E-state index in [9.17, 15) is 14.9 Å². The number of carbonyl (C=O) groups excluding carboxylic acids is 1. The second-order valence-corrected chi connectivity index (χ2v) is 6.57. The molecule has 0 aliphatic heterocycles. The average molecular weight is 379 g/mol. The summed E-state index contributed by atoms with van der Waals surface area (Å²) in [6, 6.07) is 13.6. The van der Waals surface area contributed by atoms with E-state index >= 15 is 0 Å². The van der Waals surface area contributed by atoms with Crippen molar-refractivity contribution in [3.63, 3.8) is 0 Å². The Morgan fingerprint density at radius 1 is 1.11 bits per heavy atom. The molecule has 2 aromatic carbocycles. The molecular formula is C19H13N3O4S. The molecule has 0 spiro atoms. The summed E-state index contributed by atoms with van der Waals surface area (Å²) in [6.07, 6.45) is 0.779. The molecule has 0 unspecified atom stereocenters. The van der Waals surface area contributed by atoms with Crippen LogP contribution in [0.4, 0.5) is 5.69 Å². The maximum Gasteiger partial charge on any atom is 0.269 e. The third-order valence-electron chi connectivity index (χ3n) is 4.25. The fourth-order valence-corrected chi connectivity index (χ4v) is 3.81. The maximum absolute atomic E-state index is 11.9. The highest BCUT2D eigenvalue weighted by Crippen LogP contribution is 2.33. The van der Waals surface area contributed by atoms with Crippen LogP contribution in [0.2, 0.25) is 0 Å². The molecule has 0 aliphatic carbocycles. The van der Waals surface area contributed by atoms with E-state index in [0.29, 0.717) is 16.3 Å². The van der Waals surface area contributed by atoms with E-state index in [2.05, 4.69) is 4.98 Å². The molecule has 0 radical (unpaired) electrons. The van der Waals surface area contributed by atoms with Crippen molar-refractivity contribution in [2.75, 3.05) is 7.11 Å². The molecule has 0 saturated carbocycles. The highest BCUT2D eigenvalue weighted by Gasteiger charge is 2.19.